The third kappa shape index (κ3) is 7.76. The standard InChI is InChI=1S/C35H42N2O6/c1-6-7-8-20-42-29-17-14-27(22-30(29)41-5)32-31(34(39)35(40)37(32)19-18-36(3)4)33(38)26-12-15-28(16-13-26)43-23-25-11-9-10-24(2)21-25/h9-17,21-22,32,38H,6-8,18-20,23H2,1-5H3. The first kappa shape index (κ1) is 31.6. The van der Waals surface area contributed by atoms with E-state index < -0.39 is 17.7 Å². The molecule has 0 saturated carbocycles. The second-order valence-electron chi connectivity index (χ2n) is 11.1. The minimum atomic E-state index is -0.791. The van der Waals surface area contributed by atoms with Gasteiger partial charge in [-0.2, -0.15) is 0 Å². The molecule has 3 aromatic carbocycles. The first-order chi connectivity index (χ1) is 20.7. The van der Waals surface area contributed by atoms with Crippen LogP contribution < -0.4 is 14.2 Å². The van der Waals surface area contributed by atoms with Crippen LogP contribution >= 0.6 is 0 Å². The van der Waals surface area contributed by atoms with Crippen LogP contribution in [0.4, 0.5) is 0 Å². The van der Waals surface area contributed by atoms with E-state index in [-0.39, 0.29) is 11.3 Å². The van der Waals surface area contributed by atoms with Crippen LogP contribution in [0.25, 0.3) is 5.76 Å². The van der Waals surface area contributed by atoms with Gasteiger partial charge in [-0.25, -0.2) is 0 Å². The van der Waals surface area contributed by atoms with E-state index in [0.29, 0.717) is 54.7 Å². The van der Waals surface area contributed by atoms with Gasteiger partial charge in [0.1, 0.15) is 18.1 Å². The van der Waals surface area contributed by atoms with Gasteiger partial charge in [-0.05, 0) is 75.0 Å². The topological polar surface area (TPSA) is 88.5 Å². The summed E-state index contributed by atoms with van der Waals surface area (Å²) in [5, 5.41) is 11.5. The van der Waals surface area contributed by atoms with Gasteiger partial charge in [-0.3, -0.25) is 9.59 Å². The molecule has 8 heteroatoms. The Bertz CT molecular complexity index is 1450. The minimum absolute atomic E-state index is 0.0378. The van der Waals surface area contributed by atoms with Gasteiger partial charge in [0.15, 0.2) is 11.5 Å². The summed E-state index contributed by atoms with van der Waals surface area (Å²) in [7, 11) is 5.37. The molecule has 1 N–H and O–H groups in total. The zero-order chi connectivity index (χ0) is 30.9. The highest BCUT2D eigenvalue weighted by Crippen LogP contribution is 2.42. The highest BCUT2D eigenvalue weighted by atomic mass is 16.5. The SMILES string of the molecule is CCCCCOc1ccc(C2C(=C(O)c3ccc(OCc4cccc(C)c4)cc3)C(=O)C(=O)N2CCN(C)C)cc1OC. The van der Waals surface area contributed by atoms with Crippen molar-refractivity contribution >= 4 is 17.4 Å². The van der Waals surface area contributed by atoms with E-state index in [1.807, 2.05) is 50.2 Å². The van der Waals surface area contributed by atoms with Crippen LogP contribution in [0.5, 0.6) is 17.2 Å². The Morgan fingerprint density at radius 3 is 2.40 bits per heavy atom. The fourth-order valence-electron chi connectivity index (χ4n) is 5.11. The van der Waals surface area contributed by atoms with Gasteiger partial charge in [0, 0.05) is 18.7 Å². The number of ether oxygens (including phenoxy) is 3. The van der Waals surface area contributed by atoms with Crippen molar-refractivity contribution in [1.29, 1.82) is 0 Å². The van der Waals surface area contributed by atoms with E-state index in [1.165, 1.54) is 4.90 Å². The van der Waals surface area contributed by atoms with Gasteiger partial charge in [0.25, 0.3) is 11.7 Å². The summed E-state index contributed by atoms with van der Waals surface area (Å²) in [6.45, 7) is 6.00. The molecule has 1 amide bonds. The maximum Gasteiger partial charge on any atom is 0.295 e. The number of methoxy groups -OCH3 is 1. The van der Waals surface area contributed by atoms with E-state index in [1.54, 1.807) is 43.5 Å². The second kappa shape index (κ2) is 14.7. The Morgan fingerprint density at radius 2 is 1.72 bits per heavy atom. The lowest BCUT2D eigenvalue weighted by atomic mass is 9.95. The van der Waals surface area contributed by atoms with E-state index in [9.17, 15) is 14.7 Å². The molecule has 0 aliphatic carbocycles. The van der Waals surface area contributed by atoms with Crippen LogP contribution in [-0.4, -0.2) is 67.5 Å². The van der Waals surface area contributed by atoms with E-state index in [4.69, 9.17) is 14.2 Å². The van der Waals surface area contributed by atoms with Crippen LogP contribution in [0.15, 0.2) is 72.3 Å². The molecule has 1 aliphatic heterocycles. The number of rotatable bonds is 14. The van der Waals surface area contributed by atoms with Gasteiger partial charge < -0.3 is 29.1 Å². The fraction of sp³-hybridized carbons (Fsp3) is 0.371. The number of ketones is 1. The first-order valence-electron chi connectivity index (χ1n) is 14.8. The molecule has 3 aromatic rings. The average molecular weight is 587 g/mol. The van der Waals surface area contributed by atoms with E-state index in [0.717, 1.165) is 30.4 Å². The number of nitrogens with zero attached hydrogens (tertiary/aromatic N) is 2. The molecule has 0 spiro atoms. The first-order valence-corrected chi connectivity index (χ1v) is 14.8. The summed E-state index contributed by atoms with van der Waals surface area (Å²) in [6.07, 6.45) is 3.09. The molecule has 1 heterocycles. The third-order valence-corrected chi connectivity index (χ3v) is 7.45. The number of unbranched alkanes of at least 4 members (excludes halogenated alkanes) is 2. The van der Waals surface area contributed by atoms with Crippen molar-refractivity contribution < 1.29 is 28.9 Å². The number of aliphatic hydroxyl groups is 1. The maximum atomic E-state index is 13.4. The van der Waals surface area contributed by atoms with Crippen LogP contribution in [0, 0.1) is 6.92 Å². The molecule has 0 aromatic heterocycles. The Kier molecular flexibility index (Phi) is 10.8. The Hall–Kier alpha value is -4.30. The molecule has 43 heavy (non-hydrogen) atoms. The summed E-state index contributed by atoms with van der Waals surface area (Å²) in [4.78, 5) is 30.2. The van der Waals surface area contributed by atoms with E-state index >= 15 is 0 Å². The van der Waals surface area contributed by atoms with Crippen molar-refractivity contribution in [2.24, 2.45) is 0 Å². The highest BCUT2D eigenvalue weighted by molar-refractivity contribution is 6.46. The third-order valence-electron chi connectivity index (χ3n) is 7.45. The smallest absolute Gasteiger partial charge is 0.295 e. The monoisotopic (exact) mass is 586 g/mol. The predicted molar refractivity (Wildman–Crippen MR) is 168 cm³/mol. The van der Waals surface area contributed by atoms with Crippen LogP contribution in [0.1, 0.15) is 54.5 Å². The van der Waals surface area contributed by atoms with Gasteiger partial charge >= 0.3 is 0 Å². The molecule has 8 nitrogen and oxygen atoms in total. The Labute approximate surface area is 254 Å². The summed E-state index contributed by atoms with van der Waals surface area (Å²) in [6, 6.07) is 19.6. The number of aliphatic hydroxyl groups excluding tert-OH is 1. The van der Waals surface area contributed by atoms with Crippen molar-refractivity contribution in [2.45, 2.75) is 45.8 Å². The van der Waals surface area contributed by atoms with Crippen molar-refractivity contribution in [1.82, 2.24) is 9.80 Å². The van der Waals surface area contributed by atoms with Crippen molar-refractivity contribution in [3.63, 3.8) is 0 Å². The number of likely N-dealkylation sites (tertiary alicyclic amines) is 1. The molecular weight excluding hydrogens is 544 g/mol. The van der Waals surface area contributed by atoms with Gasteiger partial charge in [0.05, 0.1) is 25.3 Å². The predicted octanol–water partition coefficient (Wildman–Crippen LogP) is 6.13. The maximum absolute atomic E-state index is 13.4. The van der Waals surface area contributed by atoms with Gasteiger partial charge in [0.2, 0.25) is 0 Å². The molecule has 1 atom stereocenters. The van der Waals surface area contributed by atoms with Gasteiger partial charge in [-0.15, -0.1) is 0 Å². The molecule has 4 rings (SSSR count). The van der Waals surface area contributed by atoms with Gasteiger partial charge in [-0.1, -0.05) is 55.7 Å². The Morgan fingerprint density at radius 1 is 0.953 bits per heavy atom. The lowest BCUT2D eigenvalue weighted by molar-refractivity contribution is -0.140. The summed E-state index contributed by atoms with van der Waals surface area (Å²) in [5.41, 5.74) is 3.31. The van der Waals surface area contributed by atoms with Crippen molar-refractivity contribution in [2.75, 3.05) is 40.9 Å². The largest absolute Gasteiger partial charge is 0.507 e. The zero-order valence-electron chi connectivity index (χ0n) is 25.8. The number of benzene rings is 3. The van der Waals surface area contributed by atoms with E-state index in [2.05, 4.69) is 13.0 Å². The quantitative estimate of drug-likeness (QED) is 0.105. The number of amides is 1. The molecule has 1 unspecified atom stereocenters. The molecule has 1 saturated heterocycles. The molecule has 0 radical (unpaired) electrons. The normalized spacial score (nSPS) is 16.1. The number of carbonyl (C=O) groups excluding carboxylic acids is 2. The molecule has 228 valence electrons. The average Bonchev–Trinajstić information content (AvgIpc) is 3.26. The summed E-state index contributed by atoms with van der Waals surface area (Å²) >= 11 is 0. The lowest BCUT2D eigenvalue weighted by Crippen LogP contribution is -2.35. The van der Waals surface area contributed by atoms with Crippen LogP contribution in [0.2, 0.25) is 0 Å². The molecule has 1 aliphatic rings. The number of aryl methyl sites for hydroxylation is 1. The molecule has 0 bridgehead atoms. The molecule has 1 fully saturated rings. The number of Topliss-reactive ketones (excluding diaryl/α,β-unsaturated/α-hetero) is 1. The zero-order valence-corrected chi connectivity index (χ0v) is 25.8. The minimum Gasteiger partial charge on any atom is -0.507 e. The van der Waals surface area contributed by atoms with Crippen molar-refractivity contribution in [3.05, 3.63) is 94.6 Å². The summed E-state index contributed by atoms with van der Waals surface area (Å²) < 4.78 is 17.5. The fourth-order valence-corrected chi connectivity index (χ4v) is 5.11. The number of hydrogen-bond acceptors (Lipinski definition) is 7. The Balaban J connectivity index is 1.65. The molecular formula is C35H42N2O6. The number of likely N-dealkylation sites (N-methyl/N-ethyl adjacent to an activating group) is 1. The van der Waals surface area contributed by atoms with Crippen LogP contribution in [0.3, 0.4) is 0 Å². The van der Waals surface area contributed by atoms with Crippen LogP contribution in [-0.2, 0) is 16.2 Å². The lowest BCUT2D eigenvalue weighted by Gasteiger charge is -2.27. The summed E-state index contributed by atoms with van der Waals surface area (Å²) in [5.74, 6) is 0.113. The highest BCUT2D eigenvalue weighted by Gasteiger charge is 2.46. The second-order valence-corrected chi connectivity index (χ2v) is 11.1. The van der Waals surface area contributed by atoms with Crippen molar-refractivity contribution in [3.8, 4) is 17.2 Å². The number of hydrogen-bond donors (Lipinski definition) is 1. The number of carbonyl (C=O) groups is 2.